The van der Waals surface area contributed by atoms with Gasteiger partial charge in [-0.15, -0.1) is 0 Å². The molecule has 5 rings (SSSR count). The van der Waals surface area contributed by atoms with Crippen LogP contribution in [-0.2, 0) is 10.5 Å². The third kappa shape index (κ3) is 3.82. The van der Waals surface area contributed by atoms with Crippen LogP contribution in [0.1, 0.15) is 41.9 Å². The van der Waals surface area contributed by atoms with E-state index in [4.69, 9.17) is 16.6 Å². The minimum atomic E-state index is -0.404. The predicted octanol–water partition coefficient (Wildman–Crippen LogP) is 5.28. The number of ketones is 1. The molecule has 1 aliphatic heterocycles. The smallest absolute Gasteiger partial charge is 0.257 e. The Kier molecular flexibility index (Phi) is 5.42. The van der Waals surface area contributed by atoms with E-state index in [1.807, 2.05) is 54.6 Å². The molecule has 1 unspecified atom stereocenters. The van der Waals surface area contributed by atoms with Gasteiger partial charge in [-0.25, -0.2) is 4.98 Å². The van der Waals surface area contributed by atoms with Crippen LogP contribution in [0.5, 0.6) is 0 Å². The lowest BCUT2D eigenvalue weighted by atomic mass is 9.76. The molecule has 0 saturated carbocycles. The molecule has 0 saturated heterocycles. The molecule has 0 fully saturated rings. The number of benzene rings is 2. The van der Waals surface area contributed by atoms with E-state index >= 15 is 0 Å². The molecule has 1 aromatic heterocycles. The van der Waals surface area contributed by atoms with Crippen LogP contribution in [0, 0.1) is 0 Å². The molecule has 1 aliphatic carbocycles. The number of hydrogen-bond acceptors (Lipinski definition) is 5. The highest BCUT2D eigenvalue weighted by molar-refractivity contribution is 7.98. The number of aromatic nitrogens is 2. The van der Waals surface area contributed by atoms with Crippen molar-refractivity contribution in [3.8, 4) is 0 Å². The molecule has 5 nitrogen and oxygen atoms in total. The van der Waals surface area contributed by atoms with E-state index in [1.54, 1.807) is 0 Å². The molecule has 31 heavy (non-hydrogen) atoms. The SMILES string of the molecule is O=C1CCCC2=C1C(c1ccccc1)c1c(nc(SCc3ccccc3Cl)[nH]c1=O)N2. The van der Waals surface area contributed by atoms with Gasteiger partial charge in [-0.05, 0) is 30.0 Å². The monoisotopic (exact) mass is 449 g/mol. The zero-order valence-electron chi connectivity index (χ0n) is 16.7. The zero-order chi connectivity index (χ0) is 21.4. The zero-order valence-corrected chi connectivity index (χ0v) is 18.2. The number of carbonyl (C=O) groups excluding carboxylic acids is 1. The fraction of sp³-hybridized carbons (Fsp3) is 0.208. The highest BCUT2D eigenvalue weighted by Crippen LogP contribution is 2.43. The maximum Gasteiger partial charge on any atom is 0.257 e. The molecular formula is C24H20ClN3O2S. The van der Waals surface area contributed by atoms with Crippen LogP contribution in [0.2, 0.25) is 5.02 Å². The van der Waals surface area contributed by atoms with Crippen molar-refractivity contribution < 1.29 is 4.79 Å². The van der Waals surface area contributed by atoms with Gasteiger partial charge in [0.05, 0.1) is 5.56 Å². The molecule has 2 heterocycles. The molecule has 156 valence electrons. The lowest BCUT2D eigenvalue weighted by Gasteiger charge is -2.32. The number of nitrogens with zero attached hydrogens (tertiary/aromatic N) is 1. The summed E-state index contributed by atoms with van der Waals surface area (Å²) in [7, 11) is 0. The summed E-state index contributed by atoms with van der Waals surface area (Å²) >= 11 is 7.69. The molecule has 1 atom stereocenters. The molecule has 0 spiro atoms. The van der Waals surface area contributed by atoms with Crippen molar-refractivity contribution in [2.24, 2.45) is 0 Å². The minimum absolute atomic E-state index is 0.102. The van der Waals surface area contributed by atoms with Crippen LogP contribution in [0.25, 0.3) is 0 Å². The number of Topliss-reactive ketones (excluding diaryl/α,β-unsaturated/α-hetero) is 1. The lowest BCUT2D eigenvalue weighted by molar-refractivity contribution is -0.116. The van der Waals surface area contributed by atoms with Crippen molar-refractivity contribution in [3.63, 3.8) is 0 Å². The Labute approximate surface area is 189 Å². The fourth-order valence-corrected chi connectivity index (χ4v) is 5.40. The van der Waals surface area contributed by atoms with Gasteiger partial charge in [0.2, 0.25) is 0 Å². The standard InChI is InChI=1S/C24H20ClN3O2S/c25-16-10-5-4-9-15(16)13-31-24-27-22-21(23(30)28-24)19(14-7-2-1-3-8-14)20-17(26-22)11-6-12-18(20)29/h1-5,7-10,19H,6,11-13H2,(H2,26,27,28,30). The Morgan fingerprint density at radius 2 is 1.81 bits per heavy atom. The Bertz CT molecular complexity index is 1250. The van der Waals surface area contributed by atoms with Crippen LogP contribution in [-0.4, -0.2) is 15.8 Å². The molecule has 0 bridgehead atoms. The predicted molar refractivity (Wildman–Crippen MR) is 124 cm³/mol. The fourth-order valence-electron chi connectivity index (χ4n) is 4.25. The first-order chi connectivity index (χ1) is 15.1. The van der Waals surface area contributed by atoms with Crippen LogP contribution in [0.3, 0.4) is 0 Å². The molecule has 3 aromatic rings. The van der Waals surface area contributed by atoms with Gasteiger partial charge in [-0.3, -0.25) is 9.59 Å². The van der Waals surface area contributed by atoms with Crippen LogP contribution < -0.4 is 10.9 Å². The number of fused-ring (bicyclic) bond motifs is 1. The Morgan fingerprint density at radius 1 is 1.03 bits per heavy atom. The van der Waals surface area contributed by atoms with Crippen molar-refractivity contribution in [2.75, 3.05) is 5.32 Å². The third-order valence-corrected chi connectivity index (χ3v) is 6.98. The summed E-state index contributed by atoms with van der Waals surface area (Å²) in [6.45, 7) is 0. The molecule has 0 radical (unpaired) electrons. The van der Waals surface area contributed by atoms with E-state index in [-0.39, 0.29) is 11.3 Å². The van der Waals surface area contributed by atoms with Gasteiger partial charge in [0.15, 0.2) is 10.9 Å². The van der Waals surface area contributed by atoms with E-state index in [0.717, 1.165) is 29.7 Å². The number of rotatable bonds is 4. The second kappa shape index (κ2) is 8.36. The number of halogens is 1. The minimum Gasteiger partial charge on any atom is -0.343 e. The normalized spacial score (nSPS) is 17.7. The molecule has 0 amide bonds. The van der Waals surface area contributed by atoms with Crippen molar-refractivity contribution >= 4 is 35.0 Å². The van der Waals surface area contributed by atoms with Crippen molar-refractivity contribution in [1.29, 1.82) is 0 Å². The topological polar surface area (TPSA) is 74.8 Å². The van der Waals surface area contributed by atoms with Crippen LogP contribution in [0.15, 0.2) is 75.8 Å². The number of aromatic amines is 1. The highest BCUT2D eigenvalue weighted by Gasteiger charge is 2.37. The summed E-state index contributed by atoms with van der Waals surface area (Å²) < 4.78 is 0. The molecule has 2 aromatic carbocycles. The number of hydrogen-bond donors (Lipinski definition) is 2. The molecule has 2 N–H and O–H groups in total. The summed E-state index contributed by atoms with van der Waals surface area (Å²) in [4.78, 5) is 33.7. The first kappa shape index (κ1) is 20.1. The largest absolute Gasteiger partial charge is 0.343 e. The number of allylic oxidation sites excluding steroid dienone is 2. The number of thioether (sulfide) groups is 1. The van der Waals surface area contributed by atoms with Crippen molar-refractivity contribution in [1.82, 2.24) is 9.97 Å². The summed E-state index contributed by atoms with van der Waals surface area (Å²) in [6.07, 6.45) is 2.09. The van der Waals surface area contributed by atoms with Gasteiger partial charge in [0, 0.05) is 34.4 Å². The third-order valence-electron chi connectivity index (χ3n) is 5.69. The van der Waals surface area contributed by atoms with Gasteiger partial charge < -0.3 is 10.3 Å². The van der Waals surface area contributed by atoms with Gasteiger partial charge in [-0.1, -0.05) is 71.9 Å². The van der Waals surface area contributed by atoms with Gasteiger partial charge in [0.25, 0.3) is 5.56 Å². The van der Waals surface area contributed by atoms with Gasteiger partial charge >= 0.3 is 0 Å². The van der Waals surface area contributed by atoms with Crippen molar-refractivity contribution in [2.45, 2.75) is 36.1 Å². The highest BCUT2D eigenvalue weighted by atomic mass is 35.5. The van der Waals surface area contributed by atoms with Gasteiger partial charge in [0.1, 0.15) is 5.82 Å². The number of nitrogens with one attached hydrogen (secondary N) is 2. The van der Waals surface area contributed by atoms with E-state index in [2.05, 4.69) is 10.3 Å². The molecule has 2 aliphatic rings. The van der Waals surface area contributed by atoms with Crippen molar-refractivity contribution in [3.05, 3.63) is 97.9 Å². The van der Waals surface area contributed by atoms with Crippen LogP contribution >= 0.6 is 23.4 Å². The Morgan fingerprint density at radius 3 is 2.61 bits per heavy atom. The summed E-state index contributed by atoms with van der Waals surface area (Å²) in [5.74, 6) is 0.826. The number of anilines is 1. The quantitative estimate of drug-likeness (QED) is 0.418. The first-order valence-electron chi connectivity index (χ1n) is 10.2. The first-order valence-corrected chi connectivity index (χ1v) is 11.6. The molecular weight excluding hydrogens is 430 g/mol. The number of H-pyrrole nitrogens is 1. The van der Waals surface area contributed by atoms with E-state index in [0.29, 0.717) is 39.3 Å². The summed E-state index contributed by atoms with van der Waals surface area (Å²) in [5, 5.41) is 4.52. The van der Waals surface area contributed by atoms with E-state index < -0.39 is 5.92 Å². The summed E-state index contributed by atoms with van der Waals surface area (Å²) in [6, 6.07) is 17.4. The average Bonchev–Trinajstić information content (AvgIpc) is 2.78. The maximum atomic E-state index is 13.2. The summed E-state index contributed by atoms with van der Waals surface area (Å²) in [5.41, 5.74) is 3.77. The Hall–Kier alpha value is -2.83. The van der Waals surface area contributed by atoms with E-state index in [9.17, 15) is 9.59 Å². The second-order valence-electron chi connectivity index (χ2n) is 7.65. The average molecular weight is 450 g/mol. The van der Waals surface area contributed by atoms with Crippen LogP contribution in [0.4, 0.5) is 5.82 Å². The van der Waals surface area contributed by atoms with Gasteiger partial charge in [-0.2, -0.15) is 0 Å². The number of carbonyl (C=O) groups is 1. The second-order valence-corrected chi connectivity index (χ2v) is 9.02. The van der Waals surface area contributed by atoms with E-state index in [1.165, 1.54) is 11.8 Å². The maximum absolute atomic E-state index is 13.2. The lowest BCUT2D eigenvalue weighted by Crippen LogP contribution is -2.32. The molecule has 7 heteroatoms. The Balaban J connectivity index is 1.56.